The zero-order valence-electron chi connectivity index (χ0n) is 8.64. The molecule has 1 rings (SSSR count). The number of carbonyl (C=O) groups excluding carboxylic acids is 1. The molecule has 2 nitrogen and oxygen atoms in total. The summed E-state index contributed by atoms with van der Waals surface area (Å²) in [7, 11) is 0. The van der Waals surface area contributed by atoms with Gasteiger partial charge in [0.2, 0.25) is 0 Å². The van der Waals surface area contributed by atoms with Crippen molar-refractivity contribution in [3.05, 3.63) is 24.3 Å². The highest BCUT2D eigenvalue weighted by molar-refractivity contribution is 5.82. The summed E-state index contributed by atoms with van der Waals surface area (Å²) in [5, 5.41) is 2.70. The van der Waals surface area contributed by atoms with Gasteiger partial charge < -0.3 is 5.32 Å². The van der Waals surface area contributed by atoms with Gasteiger partial charge in [-0.25, -0.2) is 4.39 Å². The van der Waals surface area contributed by atoms with Crippen molar-refractivity contribution in [2.45, 2.75) is 38.4 Å². The van der Waals surface area contributed by atoms with E-state index in [1.165, 1.54) is 0 Å². The van der Waals surface area contributed by atoms with Crippen molar-refractivity contribution >= 4 is 5.91 Å². The van der Waals surface area contributed by atoms with Crippen LogP contribution in [0.1, 0.15) is 26.7 Å². The van der Waals surface area contributed by atoms with Crippen LogP contribution in [-0.2, 0) is 4.79 Å². The topological polar surface area (TPSA) is 29.1 Å². The number of allylic oxidation sites excluding steroid dienone is 2. The molecule has 78 valence electrons. The maximum Gasteiger partial charge on any atom is 0.255 e. The standard InChI is InChI=1S/C11H16FNO/c1-4-5-8(2)11(3)7-6-9(12)10(14)13-11/h4-5,9H,1,6-7H2,2-3H3,(H,13,14)/b8-5+/t9?,11-/m0/s1. The van der Waals surface area contributed by atoms with Crippen LogP contribution in [-0.4, -0.2) is 17.6 Å². The monoisotopic (exact) mass is 197 g/mol. The molecule has 2 atom stereocenters. The Morgan fingerprint density at radius 2 is 2.43 bits per heavy atom. The molecular formula is C11H16FNO. The van der Waals surface area contributed by atoms with Crippen LogP contribution >= 0.6 is 0 Å². The van der Waals surface area contributed by atoms with Crippen molar-refractivity contribution in [1.82, 2.24) is 5.32 Å². The minimum Gasteiger partial charge on any atom is -0.345 e. The molecule has 0 bridgehead atoms. The van der Waals surface area contributed by atoms with Gasteiger partial charge >= 0.3 is 0 Å². The van der Waals surface area contributed by atoms with Crippen LogP contribution in [0.2, 0.25) is 0 Å². The first-order chi connectivity index (χ1) is 6.49. The molecule has 0 aromatic rings. The molecule has 1 heterocycles. The predicted molar refractivity (Wildman–Crippen MR) is 54.6 cm³/mol. The molecule has 0 radical (unpaired) electrons. The minimum absolute atomic E-state index is 0.296. The summed E-state index contributed by atoms with van der Waals surface area (Å²) in [6.45, 7) is 7.42. The first-order valence-corrected chi connectivity index (χ1v) is 4.75. The number of nitrogens with one attached hydrogen (secondary N) is 1. The third-order valence-electron chi connectivity index (χ3n) is 2.82. The van der Waals surface area contributed by atoms with Gasteiger partial charge in [-0.05, 0) is 32.3 Å². The second-order valence-corrected chi connectivity index (χ2v) is 3.91. The van der Waals surface area contributed by atoms with Crippen LogP contribution in [0.25, 0.3) is 0 Å². The van der Waals surface area contributed by atoms with Crippen LogP contribution in [0, 0.1) is 0 Å². The molecule has 1 unspecified atom stereocenters. The van der Waals surface area contributed by atoms with Crippen LogP contribution in [0.15, 0.2) is 24.3 Å². The van der Waals surface area contributed by atoms with E-state index in [-0.39, 0.29) is 0 Å². The van der Waals surface area contributed by atoms with Crippen molar-refractivity contribution in [1.29, 1.82) is 0 Å². The first-order valence-electron chi connectivity index (χ1n) is 4.75. The van der Waals surface area contributed by atoms with Crippen molar-refractivity contribution < 1.29 is 9.18 Å². The number of halogens is 1. The third kappa shape index (κ3) is 2.03. The quantitative estimate of drug-likeness (QED) is 0.675. The summed E-state index contributed by atoms with van der Waals surface area (Å²) < 4.78 is 12.9. The molecule has 0 aliphatic carbocycles. The zero-order chi connectivity index (χ0) is 10.8. The van der Waals surface area contributed by atoms with Crippen LogP contribution in [0.5, 0.6) is 0 Å². The second kappa shape index (κ2) is 3.95. The number of hydrogen-bond donors (Lipinski definition) is 1. The van der Waals surface area contributed by atoms with Gasteiger partial charge in [-0.15, -0.1) is 0 Å². The molecule has 1 amide bonds. The van der Waals surface area contributed by atoms with Gasteiger partial charge in [-0.3, -0.25) is 4.79 Å². The van der Waals surface area contributed by atoms with Crippen LogP contribution < -0.4 is 5.32 Å². The Balaban J connectivity index is 2.81. The largest absolute Gasteiger partial charge is 0.345 e. The Kier molecular flexibility index (Phi) is 3.09. The van der Waals surface area contributed by atoms with E-state index in [0.717, 1.165) is 5.57 Å². The predicted octanol–water partition coefficient (Wildman–Crippen LogP) is 2.13. The fourth-order valence-electron chi connectivity index (χ4n) is 1.62. The lowest BCUT2D eigenvalue weighted by Crippen LogP contribution is -2.54. The lowest BCUT2D eigenvalue weighted by molar-refractivity contribution is -0.130. The van der Waals surface area contributed by atoms with E-state index in [1.807, 2.05) is 19.9 Å². The minimum atomic E-state index is -1.35. The van der Waals surface area contributed by atoms with E-state index in [0.29, 0.717) is 12.8 Å². The molecule has 0 saturated carbocycles. The zero-order valence-corrected chi connectivity index (χ0v) is 8.64. The van der Waals surface area contributed by atoms with E-state index in [1.54, 1.807) is 6.08 Å². The number of rotatable bonds is 2. The molecule has 1 N–H and O–H groups in total. The summed E-state index contributed by atoms with van der Waals surface area (Å²) in [5.41, 5.74) is 0.598. The van der Waals surface area contributed by atoms with E-state index in [4.69, 9.17) is 0 Å². The fraction of sp³-hybridized carbons (Fsp3) is 0.545. The van der Waals surface area contributed by atoms with Gasteiger partial charge in [0.1, 0.15) is 0 Å². The molecule has 3 heteroatoms. The van der Waals surface area contributed by atoms with Crippen molar-refractivity contribution in [2.24, 2.45) is 0 Å². The smallest absolute Gasteiger partial charge is 0.255 e. The van der Waals surface area contributed by atoms with Gasteiger partial charge in [-0.1, -0.05) is 18.7 Å². The number of carbonyl (C=O) groups is 1. The highest BCUT2D eigenvalue weighted by Gasteiger charge is 2.36. The van der Waals surface area contributed by atoms with Crippen LogP contribution in [0.3, 0.4) is 0 Å². The number of hydrogen-bond acceptors (Lipinski definition) is 1. The Hall–Kier alpha value is -1.12. The van der Waals surface area contributed by atoms with Crippen LogP contribution in [0.4, 0.5) is 4.39 Å². The molecule has 1 saturated heterocycles. The normalized spacial score (nSPS) is 33.8. The average molecular weight is 197 g/mol. The van der Waals surface area contributed by atoms with Gasteiger partial charge in [0.25, 0.3) is 5.91 Å². The summed E-state index contributed by atoms with van der Waals surface area (Å²) in [4.78, 5) is 11.2. The lowest BCUT2D eigenvalue weighted by atomic mass is 9.83. The molecule has 0 spiro atoms. The Morgan fingerprint density at radius 3 is 2.93 bits per heavy atom. The summed E-state index contributed by atoms with van der Waals surface area (Å²) in [6.07, 6.45) is 3.10. The molecule has 1 aliphatic rings. The summed E-state index contributed by atoms with van der Waals surface area (Å²) >= 11 is 0. The molecule has 1 aliphatic heterocycles. The number of piperidine rings is 1. The number of amides is 1. The number of alkyl halides is 1. The van der Waals surface area contributed by atoms with Gasteiger partial charge in [0, 0.05) is 0 Å². The molecule has 0 aromatic heterocycles. The van der Waals surface area contributed by atoms with Crippen molar-refractivity contribution in [3.63, 3.8) is 0 Å². The van der Waals surface area contributed by atoms with Gasteiger partial charge in [0.05, 0.1) is 5.54 Å². The van der Waals surface area contributed by atoms with Gasteiger partial charge in [0.15, 0.2) is 6.17 Å². The van der Waals surface area contributed by atoms with E-state index < -0.39 is 17.6 Å². The molecular weight excluding hydrogens is 181 g/mol. The van der Waals surface area contributed by atoms with Crippen molar-refractivity contribution in [2.75, 3.05) is 0 Å². The molecule has 1 fully saturated rings. The highest BCUT2D eigenvalue weighted by atomic mass is 19.1. The van der Waals surface area contributed by atoms with E-state index >= 15 is 0 Å². The summed E-state index contributed by atoms with van der Waals surface area (Å²) in [5.74, 6) is -0.504. The molecule has 14 heavy (non-hydrogen) atoms. The SMILES string of the molecule is C=C/C=C(\C)[C@]1(C)CCC(F)C(=O)N1. The average Bonchev–Trinajstić information content (AvgIpc) is 2.13. The van der Waals surface area contributed by atoms with Gasteiger partial charge in [-0.2, -0.15) is 0 Å². The third-order valence-corrected chi connectivity index (χ3v) is 2.82. The lowest BCUT2D eigenvalue weighted by Gasteiger charge is -2.36. The van der Waals surface area contributed by atoms with E-state index in [2.05, 4.69) is 11.9 Å². The fourth-order valence-corrected chi connectivity index (χ4v) is 1.62. The Labute approximate surface area is 83.9 Å². The summed E-state index contributed by atoms with van der Waals surface area (Å²) in [6, 6.07) is 0. The maximum atomic E-state index is 12.9. The molecule has 0 aromatic carbocycles. The van der Waals surface area contributed by atoms with E-state index in [9.17, 15) is 9.18 Å². The highest BCUT2D eigenvalue weighted by Crippen LogP contribution is 2.27. The maximum absolute atomic E-state index is 12.9. The Morgan fingerprint density at radius 1 is 1.79 bits per heavy atom. The second-order valence-electron chi connectivity index (χ2n) is 3.91. The van der Waals surface area contributed by atoms with Crippen molar-refractivity contribution in [3.8, 4) is 0 Å². The first kappa shape index (κ1) is 11.0. The Bertz CT molecular complexity index is 285.